The Labute approximate surface area is 150 Å². The Hall–Kier alpha value is -3.35. The van der Waals surface area contributed by atoms with Crippen LogP contribution in [0.3, 0.4) is 0 Å². The molecule has 0 saturated carbocycles. The van der Waals surface area contributed by atoms with E-state index in [1.54, 1.807) is 12.3 Å². The number of hydrogen-bond donors (Lipinski definition) is 1. The number of hydrogen-bond acceptors (Lipinski definition) is 5. The quantitative estimate of drug-likeness (QED) is 0.830. The van der Waals surface area contributed by atoms with Crippen LogP contribution in [-0.2, 0) is 22.4 Å². The van der Waals surface area contributed by atoms with Crippen molar-refractivity contribution in [2.24, 2.45) is 0 Å². The van der Waals surface area contributed by atoms with Crippen molar-refractivity contribution < 1.29 is 23.9 Å². The lowest BCUT2D eigenvalue weighted by atomic mass is 10.1. The maximum Gasteiger partial charge on any atom is 0.355 e. The van der Waals surface area contributed by atoms with Gasteiger partial charge in [0.25, 0.3) is 5.91 Å². The molecule has 1 aromatic carbocycles. The summed E-state index contributed by atoms with van der Waals surface area (Å²) in [5.74, 6) is -1.91. The topological polar surface area (TPSA) is 86.6 Å². The largest absolute Gasteiger partial charge is 0.465 e. The second-order valence-corrected chi connectivity index (χ2v) is 5.66. The first kappa shape index (κ1) is 17.5. The second-order valence-electron chi connectivity index (χ2n) is 5.66. The third kappa shape index (κ3) is 2.99. The summed E-state index contributed by atoms with van der Waals surface area (Å²) in [6.07, 6.45) is 3.87. The minimum absolute atomic E-state index is 0.00652. The van der Waals surface area contributed by atoms with Gasteiger partial charge in [0.05, 0.1) is 19.8 Å². The van der Waals surface area contributed by atoms with E-state index in [0.717, 1.165) is 5.56 Å². The lowest BCUT2D eigenvalue weighted by molar-refractivity contribution is 0.0549. The van der Waals surface area contributed by atoms with Crippen LogP contribution in [0.5, 0.6) is 0 Å². The average molecular weight is 354 g/mol. The number of benzene rings is 1. The van der Waals surface area contributed by atoms with Gasteiger partial charge in [-0.1, -0.05) is 36.4 Å². The summed E-state index contributed by atoms with van der Waals surface area (Å²) < 4.78 is 11.1. The number of carbonyl (C=O) groups is 3. The van der Waals surface area contributed by atoms with E-state index in [2.05, 4.69) is 5.32 Å². The molecule has 0 unspecified atom stereocenters. The van der Waals surface area contributed by atoms with Crippen LogP contribution in [0.25, 0.3) is 6.20 Å². The van der Waals surface area contributed by atoms with Gasteiger partial charge >= 0.3 is 11.9 Å². The third-order valence-electron chi connectivity index (χ3n) is 4.16. The number of allylic oxidation sites excluding steroid dienone is 1. The van der Waals surface area contributed by atoms with E-state index >= 15 is 0 Å². The van der Waals surface area contributed by atoms with Crippen molar-refractivity contribution >= 4 is 24.0 Å². The number of aromatic nitrogens is 1. The molecule has 0 spiro atoms. The summed E-state index contributed by atoms with van der Waals surface area (Å²) in [5, 5.41) is 2.79. The average Bonchev–Trinajstić information content (AvgIpc) is 3.25. The van der Waals surface area contributed by atoms with Crippen LogP contribution in [0.4, 0.5) is 0 Å². The zero-order valence-electron chi connectivity index (χ0n) is 14.4. The van der Waals surface area contributed by atoms with Crippen molar-refractivity contribution in [2.45, 2.75) is 13.0 Å². The van der Waals surface area contributed by atoms with Crippen LogP contribution in [0, 0.1) is 0 Å². The van der Waals surface area contributed by atoms with Gasteiger partial charge in [0.15, 0.2) is 0 Å². The van der Waals surface area contributed by atoms with Crippen molar-refractivity contribution in [3.63, 3.8) is 0 Å². The summed E-state index contributed by atoms with van der Waals surface area (Å²) >= 11 is 0. The molecule has 26 heavy (non-hydrogen) atoms. The Balaban J connectivity index is 2.02. The van der Waals surface area contributed by atoms with E-state index < -0.39 is 17.8 Å². The third-order valence-corrected chi connectivity index (χ3v) is 4.16. The van der Waals surface area contributed by atoms with Crippen LogP contribution in [-0.4, -0.2) is 36.6 Å². The molecule has 7 heteroatoms. The predicted octanol–water partition coefficient (Wildman–Crippen LogP) is 2.02. The molecular weight excluding hydrogens is 336 g/mol. The van der Waals surface area contributed by atoms with E-state index in [9.17, 15) is 14.4 Å². The Morgan fingerprint density at radius 2 is 1.73 bits per heavy atom. The fourth-order valence-corrected chi connectivity index (χ4v) is 2.98. The van der Waals surface area contributed by atoms with Gasteiger partial charge in [-0.15, -0.1) is 0 Å². The number of nitrogens with one attached hydrogen (secondary N) is 1. The molecule has 1 amide bonds. The molecular formula is C19H18N2O5. The number of carbonyl (C=O) groups excluding carboxylic acids is 3. The number of esters is 2. The summed E-state index contributed by atoms with van der Waals surface area (Å²) in [7, 11) is 2.42. The number of nitrogens with zero attached hydrogens (tertiary/aromatic N) is 1. The molecule has 1 aliphatic heterocycles. The maximum absolute atomic E-state index is 12.8. The Bertz CT molecular complexity index is 896. The first-order valence-electron chi connectivity index (χ1n) is 8.01. The van der Waals surface area contributed by atoms with Crippen molar-refractivity contribution in [1.82, 2.24) is 9.88 Å². The standard InChI is InChI=1S/C19H18N2O5/c1-25-18(23)15-14(17(22)20-11-12-7-4-3-5-8-12)13-9-6-10-21(13)16(15)19(24)26-2/h3-8,10H,9,11H2,1-2H3,(H,20,22). The summed E-state index contributed by atoms with van der Waals surface area (Å²) in [5.41, 5.74) is 1.52. The Morgan fingerprint density at radius 3 is 2.38 bits per heavy atom. The minimum Gasteiger partial charge on any atom is -0.465 e. The normalized spacial score (nSPS) is 11.8. The van der Waals surface area contributed by atoms with E-state index in [-0.39, 0.29) is 16.8 Å². The van der Waals surface area contributed by atoms with Gasteiger partial charge in [0.1, 0.15) is 11.3 Å². The molecule has 3 rings (SSSR count). The summed E-state index contributed by atoms with van der Waals surface area (Å²) in [6, 6.07) is 9.39. The van der Waals surface area contributed by atoms with Crippen LogP contribution >= 0.6 is 0 Å². The fraction of sp³-hybridized carbons (Fsp3) is 0.211. The molecule has 7 nitrogen and oxygen atoms in total. The van der Waals surface area contributed by atoms with Gasteiger partial charge in [0.2, 0.25) is 0 Å². The second kappa shape index (κ2) is 7.26. The first-order valence-corrected chi connectivity index (χ1v) is 8.01. The highest BCUT2D eigenvalue weighted by Gasteiger charge is 2.35. The fourth-order valence-electron chi connectivity index (χ4n) is 2.98. The molecule has 0 aliphatic carbocycles. The van der Waals surface area contributed by atoms with Gasteiger partial charge in [-0.3, -0.25) is 4.79 Å². The number of ether oxygens (including phenoxy) is 2. The molecule has 1 N–H and O–H groups in total. The molecule has 1 aromatic heterocycles. The lowest BCUT2D eigenvalue weighted by Crippen LogP contribution is -2.26. The zero-order valence-corrected chi connectivity index (χ0v) is 14.4. The SMILES string of the molecule is COC(=O)c1c(C(=O)NCc2ccccc2)c2n(c1C(=O)OC)C=CC2. The molecule has 2 aromatic rings. The van der Waals surface area contributed by atoms with Gasteiger partial charge in [-0.2, -0.15) is 0 Å². The zero-order chi connectivity index (χ0) is 18.7. The highest BCUT2D eigenvalue weighted by atomic mass is 16.5. The smallest absolute Gasteiger partial charge is 0.355 e. The summed E-state index contributed by atoms with van der Waals surface area (Å²) in [6.45, 7) is 0.298. The molecule has 0 bridgehead atoms. The molecule has 0 saturated heterocycles. The molecule has 0 atom stereocenters. The van der Waals surface area contributed by atoms with Crippen molar-refractivity contribution in [3.05, 3.63) is 64.5 Å². The maximum atomic E-state index is 12.8. The van der Waals surface area contributed by atoms with E-state index in [0.29, 0.717) is 18.7 Å². The molecule has 0 fully saturated rings. The number of fused-ring (bicyclic) bond motifs is 1. The van der Waals surface area contributed by atoms with Crippen molar-refractivity contribution in [1.29, 1.82) is 0 Å². The van der Waals surface area contributed by atoms with E-state index in [1.807, 2.05) is 30.3 Å². The number of amides is 1. The number of rotatable bonds is 5. The van der Waals surface area contributed by atoms with Gasteiger partial charge in [-0.05, 0) is 5.56 Å². The molecule has 0 radical (unpaired) electrons. The van der Waals surface area contributed by atoms with Crippen molar-refractivity contribution in [2.75, 3.05) is 14.2 Å². The molecule has 2 heterocycles. The van der Waals surface area contributed by atoms with Crippen molar-refractivity contribution in [3.8, 4) is 0 Å². The lowest BCUT2D eigenvalue weighted by Gasteiger charge is -2.08. The highest BCUT2D eigenvalue weighted by Crippen LogP contribution is 2.29. The van der Waals surface area contributed by atoms with Crippen LogP contribution < -0.4 is 5.32 Å². The number of methoxy groups -OCH3 is 2. The monoisotopic (exact) mass is 354 g/mol. The van der Waals surface area contributed by atoms with Gasteiger partial charge in [-0.25, -0.2) is 9.59 Å². The van der Waals surface area contributed by atoms with Gasteiger partial charge in [0, 0.05) is 24.9 Å². The van der Waals surface area contributed by atoms with E-state index in [4.69, 9.17) is 9.47 Å². The van der Waals surface area contributed by atoms with Crippen LogP contribution in [0.2, 0.25) is 0 Å². The first-order chi connectivity index (χ1) is 12.6. The molecule has 1 aliphatic rings. The van der Waals surface area contributed by atoms with E-state index in [1.165, 1.54) is 18.8 Å². The molecule has 134 valence electrons. The van der Waals surface area contributed by atoms with Crippen LogP contribution in [0.1, 0.15) is 42.5 Å². The highest BCUT2D eigenvalue weighted by molar-refractivity contribution is 6.13. The van der Waals surface area contributed by atoms with Crippen LogP contribution in [0.15, 0.2) is 36.4 Å². The Kier molecular flexibility index (Phi) is 4.88. The summed E-state index contributed by atoms with van der Waals surface area (Å²) in [4.78, 5) is 37.4. The minimum atomic E-state index is -0.759. The van der Waals surface area contributed by atoms with Gasteiger partial charge < -0.3 is 19.4 Å². The Morgan fingerprint density at radius 1 is 1.04 bits per heavy atom. The predicted molar refractivity (Wildman–Crippen MR) is 93.8 cm³/mol.